The fraction of sp³-hybridized carbons (Fsp3) is 0.179. The van der Waals surface area contributed by atoms with E-state index < -0.39 is 11.9 Å². The lowest BCUT2D eigenvalue weighted by Gasteiger charge is -2.13. The molecular formula is C28H27N3O5. The van der Waals surface area contributed by atoms with Gasteiger partial charge in [-0.15, -0.1) is 0 Å². The number of ether oxygens (including phenoxy) is 2. The Morgan fingerprint density at radius 2 is 1.72 bits per heavy atom. The molecule has 1 aliphatic heterocycles. The molecule has 8 heteroatoms. The van der Waals surface area contributed by atoms with Crippen LogP contribution in [0.4, 0.5) is 10.5 Å². The topological polar surface area (TPSA) is 97.0 Å². The molecule has 1 aliphatic rings. The third-order valence-corrected chi connectivity index (χ3v) is 5.50. The number of imide groups is 1. The average molecular weight is 486 g/mol. The largest absolute Gasteiger partial charge is 0.490 e. The van der Waals surface area contributed by atoms with E-state index in [4.69, 9.17) is 9.47 Å². The summed E-state index contributed by atoms with van der Waals surface area (Å²) in [5.74, 6) is 0.116. The summed E-state index contributed by atoms with van der Waals surface area (Å²) >= 11 is 0. The minimum absolute atomic E-state index is 0.171. The van der Waals surface area contributed by atoms with Gasteiger partial charge in [-0.1, -0.05) is 54.6 Å². The predicted molar refractivity (Wildman–Crippen MR) is 136 cm³/mol. The maximum atomic E-state index is 12.8. The van der Waals surface area contributed by atoms with Gasteiger partial charge in [0, 0.05) is 5.69 Å². The Bertz CT molecular complexity index is 1300. The summed E-state index contributed by atoms with van der Waals surface area (Å²) in [5, 5.41) is 5.46. The number of amides is 4. The number of urea groups is 1. The monoisotopic (exact) mass is 485 g/mol. The highest BCUT2D eigenvalue weighted by Crippen LogP contribution is 2.30. The number of aryl methyl sites for hydroxylation is 1. The zero-order valence-corrected chi connectivity index (χ0v) is 20.1. The van der Waals surface area contributed by atoms with Crippen LogP contribution in [0.25, 0.3) is 6.08 Å². The predicted octanol–water partition coefficient (Wildman–Crippen LogP) is 4.50. The number of hydrogen-bond donors (Lipinski definition) is 2. The number of rotatable bonds is 9. The van der Waals surface area contributed by atoms with E-state index in [1.54, 1.807) is 24.3 Å². The number of nitrogens with zero attached hydrogens (tertiary/aromatic N) is 1. The van der Waals surface area contributed by atoms with Gasteiger partial charge in [-0.2, -0.15) is 0 Å². The number of carbonyl (C=O) groups excluding carboxylic acids is 3. The van der Waals surface area contributed by atoms with Gasteiger partial charge in [0.1, 0.15) is 5.70 Å². The number of nitrogens with one attached hydrogen (secondary N) is 2. The van der Waals surface area contributed by atoms with E-state index in [-0.39, 0.29) is 24.8 Å². The van der Waals surface area contributed by atoms with Gasteiger partial charge in [0.25, 0.3) is 11.8 Å². The van der Waals surface area contributed by atoms with E-state index in [1.807, 2.05) is 68.4 Å². The van der Waals surface area contributed by atoms with Crippen molar-refractivity contribution in [2.75, 3.05) is 18.5 Å². The lowest BCUT2D eigenvalue weighted by Crippen LogP contribution is -2.30. The number of anilines is 1. The van der Waals surface area contributed by atoms with Crippen LogP contribution in [0.2, 0.25) is 0 Å². The van der Waals surface area contributed by atoms with Gasteiger partial charge in [0.2, 0.25) is 0 Å². The van der Waals surface area contributed by atoms with E-state index in [0.717, 1.165) is 21.7 Å². The summed E-state index contributed by atoms with van der Waals surface area (Å²) in [5.41, 5.74) is 3.34. The zero-order valence-electron chi connectivity index (χ0n) is 20.1. The van der Waals surface area contributed by atoms with E-state index in [2.05, 4.69) is 10.6 Å². The van der Waals surface area contributed by atoms with Crippen molar-refractivity contribution in [3.63, 3.8) is 0 Å². The molecule has 3 aromatic rings. The second-order valence-electron chi connectivity index (χ2n) is 8.16. The third-order valence-electron chi connectivity index (χ3n) is 5.50. The van der Waals surface area contributed by atoms with Crippen molar-refractivity contribution in [1.29, 1.82) is 0 Å². The maximum absolute atomic E-state index is 12.8. The van der Waals surface area contributed by atoms with E-state index in [9.17, 15) is 14.4 Å². The number of hydrogen-bond acceptors (Lipinski definition) is 5. The standard InChI is InChI=1S/C28H27N3O5/c1-3-35-25-16-21(13-14-24(25)36-18-26(32)29-22-12-8-7-9-19(22)2)15-23-27(33)31(28(34)30-23)17-20-10-5-4-6-11-20/h4-16H,3,17-18H2,1-2H3,(H,29,32)(H,30,34)/b23-15-. The highest BCUT2D eigenvalue weighted by atomic mass is 16.5. The molecule has 0 spiro atoms. The van der Waals surface area contributed by atoms with Gasteiger partial charge in [-0.05, 0) is 54.8 Å². The number of carbonyl (C=O) groups is 3. The Kier molecular flexibility index (Phi) is 7.65. The van der Waals surface area contributed by atoms with Crippen molar-refractivity contribution < 1.29 is 23.9 Å². The SMILES string of the molecule is CCOc1cc(/C=C2\NC(=O)N(Cc3ccccc3)C2=O)ccc1OCC(=O)Nc1ccccc1C. The van der Waals surface area contributed by atoms with Gasteiger partial charge in [-0.25, -0.2) is 4.79 Å². The Balaban J connectivity index is 1.45. The molecule has 1 fully saturated rings. The van der Waals surface area contributed by atoms with Crippen LogP contribution in [0.5, 0.6) is 11.5 Å². The Morgan fingerprint density at radius 1 is 0.972 bits per heavy atom. The Labute approximate surface area is 209 Å². The summed E-state index contributed by atoms with van der Waals surface area (Å²) < 4.78 is 11.4. The lowest BCUT2D eigenvalue weighted by molar-refractivity contribution is -0.123. The minimum Gasteiger partial charge on any atom is -0.490 e. The molecule has 0 atom stereocenters. The smallest absolute Gasteiger partial charge is 0.329 e. The van der Waals surface area contributed by atoms with Crippen LogP contribution in [0.3, 0.4) is 0 Å². The molecule has 0 aliphatic carbocycles. The van der Waals surface area contributed by atoms with Gasteiger partial charge >= 0.3 is 6.03 Å². The highest BCUT2D eigenvalue weighted by Gasteiger charge is 2.33. The summed E-state index contributed by atoms with van der Waals surface area (Å²) in [6, 6.07) is 21.4. The molecule has 1 heterocycles. The quantitative estimate of drug-likeness (QED) is 0.344. The Hall–Kier alpha value is -4.59. The average Bonchev–Trinajstić information content (AvgIpc) is 3.13. The molecule has 184 valence electrons. The second-order valence-corrected chi connectivity index (χ2v) is 8.16. The Morgan fingerprint density at radius 3 is 2.47 bits per heavy atom. The molecule has 0 saturated carbocycles. The first-order valence-electron chi connectivity index (χ1n) is 11.6. The van der Waals surface area contributed by atoms with Crippen molar-refractivity contribution in [3.05, 3.63) is 95.2 Å². The first-order chi connectivity index (χ1) is 17.4. The molecule has 2 N–H and O–H groups in total. The van der Waals surface area contributed by atoms with Gasteiger partial charge in [-0.3, -0.25) is 14.5 Å². The first kappa shape index (κ1) is 24.5. The molecule has 0 bridgehead atoms. The van der Waals surface area contributed by atoms with Crippen LogP contribution >= 0.6 is 0 Å². The summed E-state index contributed by atoms with van der Waals surface area (Å²) in [4.78, 5) is 38.7. The summed E-state index contributed by atoms with van der Waals surface area (Å²) in [6.45, 7) is 4.12. The highest BCUT2D eigenvalue weighted by molar-refractivity contribution is 6.13. The second kappa shape index (κ2) is 11.2. The molecule has 0 unspecified atom stereocenters. The van der Waals surface area contributed by atoms with E-state index in [1.165, 1.54) is 0 Å². The molecule has 0 aromatic heterocycles. The molecule has 0 radical (unpaired) electrons. The van der Waals surface area contributed by atoms with Gasteiger partial charge < -0.3 is 20.1 Å². The normalized spacial score (nSPS) is 14.1. The molecule has 8 nitrogen and oxygen atoms in total. The fourth-order valence-corrected chi connectivity index (χ4v) is 3.69. The molecule has 4 rings (SSSR count). The molecule has 36 heavy (non-hydrogen) atoms. The maximum Gasteiger partial charge on any atom is 0.329 e. The first-order valence-corrected chi connectivity index (χ1v) is 11.6. The molecule has 1 saturated heterocycles. The van der Waals surface area contributed by atoms with Gasteiger partial charge in [0.15, 0.2) is 18.1 Å². The van der Waals surface area contributed by atoms with Crippen LogP contribution in [-0.4, -0.2) is 36.0 Å². The summed E-state index contributed by atoms with van der Waals surface area (Å²) in [7, 11) is 0. The van der Waals surface area contributed by atoms with Gasteiger partial charge in [0.05, 0.1) is 13.2 Å². The van der Waals surface area contributed by atoms with Crippen molar-refractivity contribution in [3.8, 4) is 11.5 Å². The van der Waals surface area contributed by atoms with Crippen molar-refractivity contribution >= 4 is 29.6 Å². The number of benzene rings is 3. The van der Waals surface area contributed by atoms with Crippen LogP contribution in [0.15, 0.2) is 78.5 Å². The third kappa shape index (κ3) is 5.90. The summed E-state index contributed by atoms with van der Waals surface area (Å²) in [6.07, 6.45) is 1.59. The molecular weight excluding hydrogens is 458 g/mol. The zero-order chi connectivity index (χ0) is 25.5. The lowest BCUT2D eigenvalue weighted by atomic mass is 10.1. The van der Waals surface area contributed by atoms with Crippen LogP contribution in [-0.2, 0) is 16.1 Å². The van der Waals surface area contributed by atoms with Crippen molar-refractivity contribution in [2.24, 2.45) is 0 Å². The minimum atomic E-state index is -0.472. The van der Waals surface area contributed by atoms with Crippen molar-refractivity contribution in [2.45, 2.75) is 20.4 Å². The number of para-hydroxylation sites is 1. The van der Waals surface area contributed by atoms with Crippen LogP contribution in [0.1, 0.15) is 23.6 Å². The van der Waals surface area contributed by atoms with Crippen LogP contribution in [0, 0.1) is 6.92 Å². The molecule has 4 amide bonds. The van der Waals surface area contributed by atoms with E-state index >= 15 is 0 Å². The fourth-order valence-electron chi connectivity index (χ4n) is 3.69. The van der Waals surface area contributed by atoms with Crippen molar-refractivity contribution in [1.82, 2.24) is 10.2 Å². The van der Waals surface area contributed by atoms with Crippen LogP contribution < -0.4 is 20.1 Å². The molecule has 3 aromatic carbocycles. The van der Waals surface area contributed by atoms with E-state index in [0.29, 0.717) is 23.7 Å².